The van der Waals surface area contributed by atoms with Crippen molar-refractivity contribution in [3.63, 3.8) is 0 Å². The number of rotatable bonds is 0. The molecule has 0 aliphatic carbocycles. The molecule has 0 aromatic heterocycles. The van der Waals surface area contributed by atoms with Crippen molar-refractivity contribution in [1.29, 1.82) is 0 Å². The van der Waals surface area contributed by atoms with Gasteiger partial charge in [0.15, 0.2) is 0 Å². The van der Waals surface area contributed by atoms with E-state index in [1.165, 1.54) is 0 Å². The summed E-state index contributed by atoms with van der Waals surface area (Å²) >= 11 is 0. The number of halogens is 6. The van der Waals surface area contributed by atoms with Gasteiger partial charge in [-0.05, 0) is 0 Å². The van der Waals surface area contributed by atoms with Gasteiger partial charge in [0.2, 0.25) is 0 Å². The molecule has 7 heteroatoms. The minimum atomic E-state index is -10.7. The molecule has 0 fully saturated rings. The summed E-state index contributed by atoms with van der Waals surface area (Å²) in [5.74, 6) is 0. The molecule has 0 heterocycles. The summed E-state index contributed by atoms with van der Waals surface area (Å²) in [5.41, 5.74) is 0. The van der Waals surface area contributed by atoms with Crippen molar-refractivity contribution in [2.45, 2.75) is 7.43 Å². The maximum absolute atomic E-state index is 10.7. The van der Waals surface area contributed by atoms with Crippen molar-refractivity contribution in [1.82, 2.24) is 0 Å². The average molecular weight is 161 g/mol. The van der Waals surface area contributed by atoms with Crippen molar-refractivity contribution in [3.05, 3.63) is 0 Å². The molecule has 0 aliphatic heterocycles. The molecule has 0 spiro atoms. The van der Waals surface area contributed by atoms with Crippen LogP contribution in [0.5, 0.6) is 0 Å². The molecular formula is CH4F6P-. The van der Waals surface area contributed by atoms with Gasteiger partial charge in [0.25, 0.3) is 0 Å². The quantitative estimate of drug-likeness (QED) is 0.371. The third-order valence-corrected chi connectivity index (χ3v) is 0. The van der Waals surface area contributed by atoms with Crippen LogP contribution in [0.15, 0.2) is 0 Å². The van der Waals surface area contributed by atoms with Crippen LogP contribution in [-0.2, 0) is 0 Å². The van der Waals surface area contributed by atoms with Crippen molar-refractivity contribution in [3.8, 4) is 0 Å². The van der Waals surface area contributed by atoms with E-state index in [0.717, 1.165) is 0 Å². The van der Waals surface area contributed by atoms with Crippen LogP contribution >= 0.6 is 7.81 Å². The van der Waals surface area contributed by atoms with Crippen molar-refractivity contribution in [2.75, 3.05) is 0 Å². The van der Waals surface area contributed by atoms with Crippen molar-refractivity contribution < 1.29 is 25.2 Å². The van der Waals surface area contributed by atoms with Crippen LogP contribution < -0.4 is 0 Å². The summed E-state index contributed by atoms with van der Waals surface area (Å²) in [7, 11) is -10.7. The molecule has 0 saturated heterocycles. The zero-order valence-corrected chi connectivity index (χ0v) is 3.61. The Morgan fingerprint density at radius 2 is 0.625 bits per heavy atom. The molecule has 0 bridgehead atoms. The van der Waals surface area contributed by atoms with E-state index < -0.39 is 7.81 Å². The Kier molecular flexibility index (Phi) is 1.53. The van der Waals surface area contributed by atoms with Crippen molar-refractivity contribution >= 4 is 7.81 Å². The first-order valence-corrected chi connectivity index (χ1v) is 3.04. The van der Waals surface area contributed by atoms with Crippen LogP contribution in [-0.4, -0.2) is 0 Å². The monoisotopic (exact) mass is 161 g/mol. The van der Waals surface area contributed by atoms with Gasteiger partial charge in [-0.25, -0.2) is 0 Å². The molecule has 0 amide bonds. The summed E-state index contributed by atoms with van der Waals surface area (Å²) in [6.45, 7) is 0. The number of hydrogen-bond acceptors (Lipinski definition) is 0. The molecule has 0 atom stereocenters. The predicted octanol–water partition coefficient (Wildman–Crippen LogP) is 4.02. The first-order valence-electron chi connectivity index (χ1n) is 1.01. The SMILES string of the molecule is C.F[P-](F)(F)(F)(F)F. The molecule has 0 unspecified atom stereocenters. The molecule has 0 aliphatic rings. The summed E-state index contributed by atoms with van der Waals surface area (Å²) in [6.07, 6.45) is 0. The zero-order valence-electron chi connectivity index (χ0n) is 2.72. The fraction of sp³-hybridized carbons (Fsp3) is 1.00. The van der Waals surface area contributed by atoms with E-state index in [-0.39, 0.29) is 7.43 Å². The van der Waals surface area contributed by atoms with Gasteiger partial charge in [-0.1, -0.05) is 7.43 Å². The van der Waals surface area contributed by atoms with Gasteiger partial charge in [0.1, 0.15) is 0 Å². The third-order valence-electron chi connectivity index (χ3n) is 0. The fourth-order valence-electron chi connectivity index (χ4n) is 0. The second-order valence-electron chi connectivity index (χ2n) is 0.958. The zero-order chi connectivity index (χ0) is 6.41. The van der Waals surface area contributed by atoms with Crippen LogP contribution in [0, 0.1) is 0 Å². The van der Waals surface area contributed by atoms with Crippen LogP contribution in [0.1, 0.15) is 7.43 Å². The van der Waals surface area contributed by atoms with Crippen LogP contribution in [0.2, 0.25) is 0 Å². The Balaban J connectivity index is 0. The molecule has 8 heavy (non-hydrogen) atoms. The Labute approximate surface area is 41.7 Å². The minimum absolute atomic E-state index is 0. The van der Waals surface area contributed by atoms with E-state index >= 15 is 0 Å². The van der Waals surface area contributed by atoms with E-state index in [1.54, 1.807) is 0 Å². The van der Waals surface area contributed by atoms with Crippen LogP contribution in [0.4, 0.5) is 25.2 Å². The molecule has 0 saturated carbocycles. The van der Waals surface area contributed by atoms with Crippen LogP contribution in [0.25, 0.3) is 0 Å². The molecule has 0 rings (SSSR count). The summed E-state index contributed by atoms with van der Waals surface area (Å²) in [6, 6.07) is 0. The Hall–Kier alpha value is 0.01000. The molecule has 56 valence electrons. The standard InChI is InChI=1S/CH4.F6P/c;1-7(2,3,4,5)6/h1H4;/q;-1. The molecule has 0 radical (unpaired) electrons. The molecule has 0 nitrogen and oxygen atoms in total. The van der Waals surface area contributed by atoms with Crippen molar-refractivity contribution in [2.24, 2.45) is 0 Å². The summed E-state index contributed by atoms with van der Waals surface area (Å²) in [5, 5.41) is 0. The summed E-state index contributed by atoms with van der Waals surface area (Å²) in [4.78, 5) is 0. The van der Waals surface area contributed by atoms with Gasteiger partial charge in [0, 0.05) is 0 Å². The summed E-state index contributed by atoms with van der Waals surface area (Å²) < 4.78 is 59.2. The molecular weight excluding hydrogens is 157 g/mol. The van der Waals surface area contributed by atoms with Gasteiger partial charge in [-0.15, -0.1) is 0 Å². The third kappa shape index (κ3) is 1510000. The second kappa shape index (κ2) is 1.12. The van der Waals surface area contributed by atoms with E-state index in [1.807, 2.05) is 0 Å². The van der Waals surface area contributed by atoms with E-state index in [9.17, 15) is 25.2 Å². The van der Waals surface area contributed by atoms with Gasteiger partial charge in [0.05, 0.1) is 0 Å². The first kappa shape index (κ1) is 10.9. The first-order chi connectivity index (χ1) is 2.45. The molecule has 0 N–H and O–H groups in total. The Morgan fingerprint density at radius 3 is 0.625 bits per heavy atom. The topological polar surface area (TPSA) is 0 Å². The fourth-order valence-corrected chi connectivity index (χ4v) is 0. The van der Waals surface area contributed by atoms with Gasteiger partial charge in [-0.2, -0.15) is 0 Å². The average Bonchev–Trinajstić information content (AvgIpc) is 0.592. The Bertz CT molecular complexity index is 67.1. The van der Waals surface area contributed by atoms with Gasteiger partial charge < -0.3 is 0 Å². The predicted molar refractivity (Wildman–Crippen MR) is 20.3 cm³/mol. The second-order valence-corrected chi connectivity index (χ2v) is 2.87. The van der Waals surface area contributed by atoms with Gasteiger partial charge >= 0.3 is 33.0 Å². The number of hydrogen-bond donors (Lipinski definition) is 0. The van der Waals surface area contributed by atoms with Gasteiger partial charge in [-0.3, -0.25) is 0 Å². The van der Waals surface area contributed by atoms with E-state index in [4.69, 9.17) is 0 Å². The molecule has 0 aromatic rings. The normalized spacial score (nSPS) is 20.2. The van der Waals surface area contributed by atoms with E-state index in [0.29, 0.717) is 0 Å². The van der Waals surface area contributed by atoms with E-state index in [2.05, 4.69) is 0 Å². The Morgan fingerprint density at radius 1 is 0.625 bits per heavy atom. The molecule has 0 aromatic carbocycles. The van der Waals surface area contributed by atoms with Crippen LogP contribution in [0.3, 0.4) is 0 Å². The maximum atomic E-state index is 9.87.